The first-order valence-electron chi connectivity index (χ1n) is 5.03. The Hall–Kier alpha value is -2.44. The molecule has 18 heavy (non-hydrogen) atoms. The van der Waals surface area contributed by atoms with Crippen LogP contribution in [0.4, 0.5) is 4.39 Å². The maximum Gasteiger partial charge on any atom is 0.337 e. The van der Waals surface area contributed by atoms with Gasteiger partial charge in [-0.1, -0.05) is 0 Å². The number of aromatic nitrogens is 4. The zero-order valence-corrected chi connectivity index (χ0v) is 9.72. The lowest BCUT2D eigenvalue weighted by atomic mass is 10.1. The van der Waals surface area contributed by atoms with E-state index < -0.39 is 11.8 Å². The van der Waals surface area contributed by atoms with E-state index in [4.69, 9.17) is 0 Å². The summed E-state index contributed by atoms with van der Waals surface area (Å²) in [7, 11) is 1.22. The molecule has 2 rings (SSSR count). The fourth-order valence-corrected chi connectivity index (χ4v) is 1.35. The van der Waals surface area contributed by atoms with E-state index in [0.29, 0.717) is 11.4 Å². The molecule has 0 saturated heterocycles. The number of ether oxygens (including phenoxy) is 1. The standard InChI is InChI=1S/C11H9FN4O2/c1-6-13-15-10(16-14-6)7-3-8(11(17)18-2)5-9(12)4-7/h3-5H,1-2H3. The van der Waals surface area contributed by atoms with Gasteiger partial charge in [-0.05, 0) is 25.1 Å². The van der Waals surface area contributed by atoms with Crippen molar-refractivity contribution in [2.75, 3.05) is 7.11 Å². The second-order valence-electron chi connectivity index (χ2n) is 3.49. The van der Waals surface area contributed by atoms with Crippen molar-refractivity contribution < 1.29 is 13.9 Å². The molecule has 0 saturated carbocycles. The van der Waals surface area contributed by atoms with Crippen molar-refractivity contribution in [1.82, 2.24) is 20.4 Å². The molecule has 0 aliphatic rings. The van der Waals surface area contributed by atoms with Crippen molar-refractivity contribution >= 4 is 5.97 Å². The van der Waals surface area contributed by atoms with Gasteiger partial charge in [0.25, 0.3) is 0 Å². The number of esters is 1. The number of carbonyl (C=O) groups excluding carboxylic acids is 1. The summed E-state index contributed by atoms with van der Waals surface area (Å²) in [6.45, 7) is 1.63. The zero-order chi connectivity index (χ0) is 13.1. The molecule has 0 spiro atoms. The molecule has 0 unspecified atom stereocenters. The van der Waals surface area contributed by atoms with Crippen LogP contribution in [-0.4, -0.2) is 33.5 Å². The third-order valence-electron chi connectivity index (χ3n) is 2.16. The predicted octanol–water partition coefficient (Wildman–Crippen LogP) is 1.17. The third kappa shape index (κ3) is 2.45. The summed E-state index contributed by atoms with van der Waals surface area (Å²) in [5, 5.41) is 15.0. The molecule has 92 valence electrons. The van der Waals surface area contributed by atoms with Crippen molar-refractivity contribution in [3.63, 3.8) is 0 Å². The van der Waals surface area contributed by atoms with Crippen LogP contribution >= 0.6 is 0 Å². The summed E-state index contributed by atoms with van der Waals surface area (Å²) < 4.78 is 17.9. The minimum Gasteiger partial charge on any atom is -0.465 e. The highest BCUT2D eigenvalue weighted by atomic mass is 19.1. The van der Waals surface area contributed by atoms with Gasteiger partial charge in [-0.15, -0.1) is 20.4 Å². The van der Waals surface area contributed by atoms with E-state index in [-0.39, 0.29) is 11.4 Å². The lowest BCUT2D eigenvalue weighted by Crippen LogP contribution is -2.04. The first-order chi connectivity index (χ1) is 8.60. The van der Waals surface area contributed by atoms with Crippen molar-refractivity contribution in [3.8, 4) is 11.4 Å². The number of aryl methyl sites for hydroxylation is 1. The van der Waals surface area contributed by atoms with Crippen LogP contribution in [0.15, 0.2) is 18.2 Å². The van der Waals surface area contributed by atoms with Gasteiger partial charge in [0.15, 0.2) is 5.82 Å². The third-order valence-corrected chi connectivity index (χ3v) is 2.16. The molecule has 0 fully saturated rings. The summed E-state index contributed by atoms with van der Waals surface area (Å²) in [4.78, 5) is 11.3. The summed E-state index contributed by atoms with van der Waals surface area (Å²) in [5.41, 5.74) is 0.395. The molecule has 7 heteroatoms. The Labute approximate surface area is 102 Å². The van der Waals surface area contributed by atoms with Crippen molar-refractivity contribution in [2.24, 2.45) is 0 Å². The molecule has 0 amide bonds. The number of rotatable bonds is 2. The first-order valence-corrected chi connectivity index (χ1v) is 5.03. The van der Waals surface area contributed by atoms with Crippen LogP contribution in [0.1, 0.15) is 16.2 Å². The molecule has 0 aliphatic heterocycles. The zero-order valence-electron chi connectivity index (χ0n) is 9.72. The van der Waals surface area contributed by atoms with Crippen LogP contribution in [0.25, 0.3) is 11.4 Å². The molecule has 0 N–H and O–H groups in total. The largest absolute Gasteiger partial charge is 0.465 e. The molecule has 1 aromatic heterocycles. The van der Waals surface area contributed by atoms with Gasteiger partial charge in [-0.2, -0.15) is 0 Å². The Balaban J connectivity index is 2.48. The first kappa shape index (κ1) is 12.0. The monoisotopic (exact) mass is 248 g/mol. The molecule has 0 bridgehead atoms. The summed E-state index contributed by atoms with van der Waals surface area (Å²) >= 11 is 0. The van der Waals surface area contributed by atoms with Crippen LogP contribution in [0, 0.1) is 12.7 Å². The SMILES string of the molecule is COC(=O)c1cc(F)cc(-c2nnc(C)nn2)c1. The van der Waals surface area contributed by atoms with Gasteiger partial charge >= 0.3 is 5.97 Å². The number of hydrogen-bond acceptors (Lipinski definition) is 6. The molecule has 1 aromatic carbocycles. The molecular formula is C11H9FN4O2. The van der Waals surface area contributed by atoms with E-state index >= 15 is 0 Å². The maximum absolute atomic E-state index is 13.4. The number of methoxy groups -OCH3 is 1. The second-order valence-corrected chi connectivity index (χ2v) is 3.49. The minimum absolute atomic E-state index is 0.0803. The Bertz CT molecular complexity index is 586. The van der Waals surface area contributed by atoms with Crippen LogP contribution in [0.5, 0.6) is 0 Å². The lowest BCUT2D eigenvalue weighted by Gasteiger charge is -2.03. The smallest absolute Gasteiger partial charge is 0.337 e. The average Bonchev–Trinajstić information content (AvgIpc) is 2.38. The number of benzene rings is 1. The Morgan fingerprint density at radius 3 is 2.44 bits per heavy atom. The van der Waals surface area contributed by atoms with Crippen LogP contribution in [0.2, 0.25) is 0 Å². The Morgan fingerprint density at radius 1 is 1.17 bits per heavy atom. The average molecular weight is 248 g/mol. The summed E-state index contributed by atoms with van der Waals surface area (Å²) in [6.07, 6.45) is 0. The number of hydrogen-bond donors (Lipinski definition) is 0. The van der Waals surface area contributed by atoms with Gasteiger partial charge in [-0.3, -0.25) is 0 Å². The Morgan fingerprint density at radius 2 is 1.83 bits per heavy atom. The molecule has 2 aromatic rings. The van der Waals surface area contributed by atoms with E-state index in [1.165, 1.54) is 19.2 Å². The van der Waals surface area contributed by atoms with Crippen LogP contribution in [-0.2, 0) is 4.74 Å². The second kappa shape index (κ2) is 4.82. The molecule has 6 nitrogen and oxygen atoms in total. The van der Waals surface area contributed by atoms with Crippen LogP contribution in [0.3, 0.4) is 0 Å². The van der Waals surface area contributed by atoms with Crippen LogP contribution < -0.4 is 0 Å². The highest BCUT2D eigenvalue weighted by Gasteiger charge is 2.12. The minimum atomic E-state index is -0.635. The topological polar surface area (TPSA) is 77.9 Å². The highest BCUT2D eigenvalue weighted by molar-refractivity contribution is 5.90. The van der Waals surface area contributed by atoms with Crippen molar-refractivity contribution in [1.29, 1.82) is 0 Å². The van der Waals surface area contributed by atoms with Gasteiger partial charge in [0.2, 0.25) is 5.82 Å². The molecule has 0 atom stereocenters. The van der Waals surface area contributed by atoms with Gasteiger partial charge in [0, 0.05) is 5.56 Å². The number of carbonyl (C=O) groups is 1. The van der Waals surface area contributed by atoms with Crippen molar-refractivity contribution in [3.05, 3.63) is 35.4 Å². The number of nitrogens with zero attached hydrogens (tertiary/aromatic N) is 4. The molecule has 1 heterocycles. The summed E-state index contributed by atoms with van der Waals surface area (Å²) in [5.74, 6) is -0.672. The van der Waals surface area contributed by atoms with Gasteiger partial charge < -0.3 is 4.74 Å². The summed E-state index contributed by atoms with van der Waals surface area (Å²) in [6, 6.07) is 3.69. The van der Waals surface area contributed by atoms with E-state index in [2.05, 4.69) is 25.1 Å². The number of halogens is 1. The predicted molar refractivity (Wildman–Crippen MR) is 59.1 cm³/mol. The molecular weight excluding hydrogens is 239 g/mol. The van der Waals surface area contributed by atoms with E-state index in [0.717, 1.165) is 6.07 Å². The molecule has 0 aliphatic carbocycles. The van der Waals surface area contributed by atoms with E-state index in [1.807, 2.05) is 0 Å². The fraction of sp³-hybridized carbons (Fsp3) is 0.182. The van der Waals surface area contributed by atoms with E-state index in [9.17, 15) is 9.18 Å². The van der Waals surface area contributed by atoms with Gasteiger partial charge in [0.05, 0.1) is 12.7 Å². The maximum atomic E-state index is 13.4. The molecule has 0 radical (unpaired) electrons. The lowest BCUT2D eigenvalue weighted by molar-refractivity contribution is 0.0600. The normalized spacial score (nSPS) is 10.2. The van der Waals surface area contributed by atoms with Gasteiger partial charge in [0.1, 0.15) is 5.82 Å². The fourth-order valence-electron chi connectivity index (χ4n) is 1.35. The quantitative estimate of drug-likeness (QED) is 0.742. The van der Waals surface area contributed by atoms with E-state index in [1.54, 1.807) is 6.92 Å². The Kier molecular flexibility index (Phi) is 3.22. The highest BCUT2D eigenvalue weighted by Crippen LogP contribution is 2.18. The van der Waals surface area contributed by atoms with Gasteiger partial charge in [-0.25, -0.2) is 9.18 Å². The van der Waals surface area contributed by atoms with Crippen molar-refractivity contribution in [2.45, 2.75) is 6.92 Å².